The highest BCUT2D eigenvalue weighted by atomic mass is 35.5. The number of nitrogens with zero attached hydrogens (tertiary/aromatic N) is 2. The van der Waals surface area contributed by atoms with Gasteiger partial charge in [-0.05, 0) is 50.4 Å². The second-order valence-corrected chi connectivity index (χ2v) is 6.78. The Labute approximate surface area is 163 Å². The Hall–Kier alpha value is -2.57. The second kappa shape index (κ2) is 8.88. The molecular formula is C20H23ClN4O2. The van der Waals surface area contributed by atoms with E-state index in [9.17, 15) is 4.79 Å². The molecule has 1 aromatic heterocycles. The van der Waals surface area contributed by atoms with Crippen LogP contribution in [0.15, 0.2) is 48.5 Å². The van der Waals surface area contributed by atoms with Crippen molar-refractivity contribution in [1.29, 1.82) is 0 Å². The van der Waals surface area contributed by atoms with Crippen molar-refractivity contribution < 1.29 is 9.53 Å². The monoisotopic (exact) mass is 386 g/mol. The van der Waals surface area contributed by atoms with Gasteiger partial charge in [0.15, 0.2) is 0 Å². The lowest BCUT2D eigenvalue weighted by Crippen LogP contribution is -2.38. The van der Waals surface area contributed by atoms with E-state index in [2.05, 4.69) is 15.6 Å². The average Bonchev–Trinajstić information content (AvgIpc) is 3.03. The topological polar surface area (TPSA) is 68.2 Å². The Morgan fingerprint density at radius 1 is 1.22 bits per heavy atom. The fourth-order valence-corrected chi connectivity index (χ4v) is 2.79. The highest BCUT2D eigenvalue weighted by Gasteiger charge is 2.14. The van der Waals surface area contributed by atoms with Gasteiger partial charge in [-0.2, -0.15) is 0 Å². The number of likely N-dealkylation sites (N-methyl/N-ethyl adjacent to an activating group) is 1. The van der Waals surface area contributed by atoms with E-state index in [1.807, 2.05) is 42.8 Å². The maximum atomic E-state index is 12.4. The van der Waals surface area contributed by atoms with Crippen molar-refractivity contribution in [1.82, 2.24) is 20.2 Å². The number of carbonyl (C=O) groups excluding carboxylic acids is 1. The Kier molecular flexibility index (Phi) is 6.32. The zero-order valence-electron chi connectivity index (χ0n) is 15.4. The number of rotatable bonds is 8. The quantitative estimate of drug-likeness (QED) is 0.624. The molecule has 3 aromatic rings. The van der Waals surface area contributed by atoms with E-state index in [-0.39, 0.29) is 25.1 Å². The molecule has 27 heavy (non-hydrogen) atoms. The van der Waals surface area contributed by atoms with E-state index in [0.717, 1.165) is 11.0 Å². The minimum absolute atomic E-state index is 0.0620. The zero-order chi connectivity index (χ0) is 19.2. The fraction of sp³-hybridized carbons (Fsp3) is 0.300. The molecule has 0 spiro atoms. The average molecular weight is 387 g/mol. The number of fused-ring (bicyclic) bond motifs is 1. The van der Waals surface area contributed by atoms with Gasteiger partial charge in [0, 0.05) is 17.6 Å². The lowest BCUT2D eigenvalue weighted by molar-refractivity contribution is -0.121. The first-order valence-electron chi connectivity index (χ1n) is 8.83. The highest BCUT2D eigenvalue weighted by molar-refractivity contribution is 6.30. The molecule has 142 valence electrons. The van der Waals surface area contributed by atoms with E-state index in [1.165, 1.54) is 0 Å². The van der Waals surface area contributed by atoms with Crippen molar-refractivity contribution in [3.05, 3.63) is 59.4 Å². The number of nitrogens with one attached hydrogen (secondary N) is 2. The molecule has 3 rings (SSSR count). The lowest BCUT2D eigenvalue weighted by atomic mass is 10.3. The standard InChI is InChI=1S/C20H23ClN4O2/c1-14(22-2)11-23-20(26)12-25-18-6-4-3-5-17(18)24-19(25)13-27-16-9-7-15(21)8-10-16/h3-10,14,22H,11-13H2,1-2H3,(H,23,26). The van der Waals surface area contributed by atoms with Crippen LogP contribution >= 0.6 is 11.6 Å². The first-order chi connectivity index (χ1) is 13.1. The van der Waals surface area contributed by atoms with Gasteiger partial charge in [-0.25, -0.2) is 4.98 Å². The molecule has 2 aromatic carbocycles. The summed E-state index contributed by atoms with van der Waals surface area (Å²) in [6, 6.07) is 15.1. The van der Waals surface area contributed by atoms with Crippen LogP contribution in [-0.2, 0) is 17.9 Å². The van der Waals surface area contributed by atoms with Gasteiger partial charge in [-0.3, -0.25) is 4.79 Å². The summed E-state index contributed by atoms with van der Waals surface area (Å²) in [6.45, 7) is 3.03. The Morgan fingerprint density at radius 2 is 1.96 bits per heavy atom. The third-order valence-electron chi connectivity index (χ3n) is 4.32. The van der Waals surface area contributed by atoms with Crippen LogP contribution in [-0.4, -0.2) is 35.1 Å². The van der Waals surface area contributed by atoms with Crippen molar-refractivity contribution >= 4 is 28.5 Å². The fourth-order valence-electron chi connectivity index (χ4n) is 2.66. The van der Waals surface area contributed by atoms with Gasteiger partial charge in [-0.15, -0.1) is 0 Å². The first-order valence-corrected chi connectivity index (χ1v) is 9.21. The molecule has 0 fully saturated rings. The van der Waals surface area contributed by atoms with E-state index < -0.39 is 0 Å². The number of hydrogen-bond donors (Lipinski definition) is 2. The summed E-state index contributed by atoms with van der Waals surface area (Å²) >= 11 is 5.91. The molecule has 7 heteroatoms. The normalized spacial score (nSPS) is 12.1. The predicted octanol–water partition coefficient (Wildman–Crippen LogP) is 2.99. The molecule has 1 atom stereocenters. The number of ether oxygens (including phenoxy) is 1. The van der Waals surface area contributed by atoms with Crippen molar-refractivity contribution in [2.75, 3.05) is 13.6 Å². The molecule has 1 amide bonds. The Bertz CT molecular complexity index is 908. The van der Waals surface area contributed by atoms with Crippen LogP contribution in [0.2, 0.25) is 5.02 Å². The van der Waals surface area contributed by atoms with Gasteiger partial charge in [0.2, 0.25) is 5.91 Å². The molecule has 0 aliphatic heterocycles. The van der Waals surface area contributed by atoms with E-state index in [0.29, 0.717) is 23.1 Å². The van der Waals surface area contributed by atoms with Crippen LogP contribution in [0.3, 0.4) is 0 Å². The van der Waals surface area contributed by atoms with Crippen LogP contribution in [0.5, 0.6) is 5.75 Å². The second-order valence-electron chi connectivity index (χ2n) is 6.34. The minimum Gasteiger partial charge on any atom is -0.486 e. The molecule has 0 radical (unpaired) electrons. The minimum atomic E-state index is -0.0620. The van der Waals surface area contributed by atoms with Crippen molar-refractivity contribution in [2.24, 2.45) is 0 Å². The third kappa shape index (κ3) is 4.99. The van der Waals surface area contributed by atoms with Crippen molar-refractivity contribution in [2.45, 2.75) is 26.1 Å². The molecule has 0 saturated heterocycles. The van der Waals surface area contributed by atoms with Crippen LogP contribution < -0.4 is 15.4 Å². The number of halogens is 1. The number of imidazole rings is 1. The van der Waals surface area contributed by atoms with Gasteiger partial charge in [0.05, 0.1) is 11.0 Å². The van der Waals surface area contributed by atoms with Crippen molar-refractivity contribution in [3.63, 3.8) is 0 Å². The maximum Gasteiger partial charge on any atom is 0.240 e. The summed E-state index contributed by atoms with van der Waals surface area (Å²) in [4.78, 5) is 17.0. The van der Waals surface area contributed by atoms with E-state index >= 15 is 0 Å². The maximum absolute atomic E-state index is 12.4. The smallest absolute Gasteiger partial charge is 0.240 e. The highest BCUT2D eigenvalue weighted by Crippen LogP contribution is 2.20. The van der Waals surface area contributed by atoms with Crippen LogP contribution in [0.4, 0.5) is 0 Å². The van der Waals surface area contributed by atoms with Crippen molar-refractivity contribution in [3.8, 4) is 5.75 Å². The van der Waals surface area contributed by atoms with Crippen LogP contribution in [0.25, 0.3) is 11.0 Å². The molecule has 0 aliphatic rings. The number of aromatic nitrogens is 2. The predicted molar refractivity (Wildman–Crippen MR) is 107 cm³/mol. The first kappa shape index (κ1) is 19.2. The van der Waals surface area contributed by atoms with Gasteiger partial charge in [0.25, 0.3) is 0 Å². The molecular weight excluding hydrogens is 364 g/mol. The number of carbonyl (C=O) groups is 1. The third-order valence-corrected chi connectivity index (χ3v) is 4.57. The molecule has 0 aliphatic carbocycles. The number of amides is 1. The van der Waals surface area contributed by atoms with Gasteiger partial charge >= 0.3 is 0 Å². The summed E-state index contributed by atoms with van der Waals surface area (Å²) in [7, 11) is 1.87. The van der Waals surface area contributed by atoms with Gasteiger partial charge < -0.3 is 19.9 Å². The number of para-hydroxylation sites is 2. The summed E-state index contributed by atoms with van der Waals surface area (Å²) in [5.74, 6) is 1.33. The van der Waals surface area contributed by atoms with E-state index in [4.69, 9.17) is 16.3 Å². The molecule has 0 saturated carbocycles. The number of hydrogen-bond acceptors (Lipinski definition) is 4. The Morgan fingerprint density at radius 3 is 2.70 bits per heavy atom. The summed E-state index contributed by atoms with van der Waals surface area (Å²) in [5.41, 5.74) is 1.74. The number of benzene rings is 2. The van der Waals surface area contributed by atoms with Gasteiger partial charge in [-0.1, -0.05) is 23.7 Å². The molecule has 2 N–H and O–H groups in total. The molecule has 6 nitrogen and oxygen atoms in total. The largest absolute Gasteiger partial charge is 0.486 e. The molecule has 1 unspecified atom stereocenters. The molecule has 1 heterocycles. The lowest BCUT2D eigenvalue weighted by Gasteiger charge is -2.13. The van der Waals surface area contributed by atoms with E-state index in [1.54, 1.807) is 24.3 Å². The summed E-state index contributed by atoms with van der Waals surface area (Å²) < 4.78 is 7.72. The van der Waals surface area contributed by atoms with Gasteiger partial charge in [0.1, 0.15) is 24.7 Å². The molecule has 0 bridgehead atoms. The zero-order valence-corrected chi connectivity index (χ0v) is 16.2. The Balaban J connectivity index is 1.76. The summed E-state index contributed by atoms with van der Waals surface area (Å²) in [5, 5.41) is 6.69. The van der Waals surface area contributed by atoms with Crippen LogP contribution in [0.1, 0.15) is 12.7 Å². The SMILES string of the molecule is CNC(C)CNC(=O)Cn1c(COc2ccc(Cl)cc2)nc2ccccc21. The summed E-state index contributed by atoms with van der Waals surface area (Å²) in [6.07, 6.45) is 0. The van der Waals surface area contributed by atoms with Crippen LogP contribution in [0, 0.1) is 0 Å².